The number of carboxylic acid groups (broad SMARTS) is 1. The molecule has 1 fully saturated rings. The van der Waals surface area contributed by atoms with E-state index < -0.39 is 12.1 Å². The predicted octanol–water partition coefficient (Wildman–Crippen LogP) is -0.00610. The zero-order chi connectivity index (χ0) is 13.2. The third kappa shape index (κ3) is 2.07. The second kappa shape index (κ2) is 4.55. The minimum absolute atomic E-state index is 0.307. The molecule has 1 unspecified atom stereocenters. The van der Waals surface area contributed by atoms with Crippen LogP contribution in [-0.2, 0) is 0 Å². The van der Waals surface area contributed by atoms with Crippen molar-refractivity contribution in [3.63, 3.8) is 0 Å². The summed E-state index contributed by atoms with van der Waals surface area (Å²) in [7, 11) is 0. The second-order valence-corrected chi connectivity index (χ2v) is 4.01. The van der Waals surface area contributed by atoms with Gasteiger partial charge >= 0.3 is 6.09 Å². The van der Waals surface area contributed by atoms with Crippen LogP contribution in [0, 0.1) is 0 Å². The van der Waals surface area contributed by atoms with Crippen molar-refractivity contribution in [3.8, 4) is 0 Å². The number of amides is 1. The van der Waals surface area contributed by atoms with Gasteiger partial charge in [-0.25, -0.2) is 4.79 Å². The molecule has 0 aliphatic carbocycles. The van der Waals surface area contributed by atoms with E-state index in [9.17, 15) is 9.90 Å². The lowest BCUT2D eigenvalue weighted by Crippen LogP contribution is -2.50. The average molecular weight is 266 g/mol. The Kier molecular flexibility index (Phi) is 2.74. The smallest absolute Gasteiger partial charge is 0.408 e. The third-order valence-electron chi connectivity index (χ3n) is 2.99. The van der Waals surface area contributed by atoms with Crippen LogP contribution in [0.5, 0.6) is 0 Å². The maximum absolute atomic E-state index is 11.2. The summed E-state index contributed by atoms with van der Waals surface area (Å²) >= 11 is 0. The number of aromatic nitrogens is 4. The Bertz CT molecular complexity index is 541. The van der Waals surface area contributed by atoms with Crippen LogP contribution >= 0.6 is 0 Å². The molecule has 2 aromatic heterocycles. The van der Waals surface area contributed by atoms with Gasteiger partial charge in [0.2, 0.25) is 5.88 Å². The Hall–Kier alpha value is -2.65. The molecular weight excluding hydrogens is 256 g/mol. The molecule has 0 spiro atoms. The number of nitrogens with zero attached hydrogens (tertiary/aromatic N) is 6. The first-order chi connectivity index (χ1) is 9.25. The molecular formula is C9H10N6O4. The zero-order valence-corrected chi connectivity index (χ0v) is 9.71. The fourth-order valence-electron chi connectivity index (χ4n) is 2.08. The topological polar surface area (TPSA) is 122 Å². The number of hydrogen-bond donors (Lipinski definition) is 1. The van der Waals surface area contributed by atoms with Crippen LogP contribution in [0.4, 0.5) is 10.7 Å². The van der Waals surface area contributed by atoms with E-state index in [1.165, 1.54) is 17.3 Å². The van der Waals surface area contributed by atoms with Crippen molar-refractivity contribution in [3.05, 3.63) is 18.2 Å². The molecule has 1 saturated heterocycles. The zero-order valence-electron chi connectivity index (χ0n) is 9.71. The number of carbonyl (C=O) groups is 1. The van der Waals surface area contributed by atoms with Crippen LogP contribution in [0.25, 0.3) is 0 Å². The van der Waals surface area contributed by atoms with Crippen LogP contribution in [-0.4, -0.2) is 56.5 Å². The maximum atomic E-state index is 11.2. The average Bonchev–Trinajstić information content (AvgIpc) is 3.11. The molecule has 0 aromatic carbocycles. The molecule has 1 aliphatic heterocycles. The molecule has 3 heterocycles. The standard InChI is InChI=1S/C9H10N6O4/c16-9(17)15-2-1-14(8-4-11-13-19-8)5-6(15)7-3-10-12-18-7/h3-4,6H,1-2,5H2,(H,16,17). The number of rotatable bonds is 2. The molecule has 0 bridgehead atoms. The van der Waals surface area contributed by atoms with E-state index in [2.05, 4.69) is 20.7 Å². The van der Waals surface area contributed by atoms with Gasteiger partial charge in [0, 0.05) is 30.2 Å². The maximum Gasteiger partial charge on any atom is 0.408 e. The lowest BCUT2D eigenvalue weighted by molar-refractivity contribution is 0.106. The van der Waals surface area contributed by atoms with Gasteiger partial charge in [-0.2, -0.15) is 0 Å². The highest BCUT2D eigenvalue weighted by Crippen LogP contribution is 2.27. The van der Waals surface area contributed by atoms with Crippen LogP contribution in [0.15, 0.2) is 21.4 Å². The van der Waals surface area contributed by atoms with E-state index >= 15 is 0 Å². The Balaban J connectivity index is 1.85. The highest BCUT2D eigenvalue weighted by molar-refractivity contribution is 5.66. The molecule has 1 atom stereocenters. The summed E-state index contributed by atoms with van der Waals surface area (Å²) in [5.74, 6) is 0.877. The summed E-state index contributed by atoms with van der Waals surface area (Å²) < 4.78 is 9.94. The molecule has 1 amide bonds. The van der Waals surface area contributed by atoms with Gasteiger partial charge in [0.05, 0.1) is 6.20 Å². The first kappa shape index (κ1) is 11.4. The molecule has 19 heavy (non-hydrogen) atoms. The van der Waals surface area contributed by atoms with Crippen LogP contribution in [0.3, 0.4) is 0 Å². The molecule has 0 saturated carbocycles. The SMILES string of the molecule is O=C(O)N1CCN(c2cnno2)CC1c1cnno1. The van der Waals surface area contributed by atoms with Gasteiger partial charge in [0.15, 0.2) is 5.76 Å². The minimum atomic E-state index is -1.02. The van der Waals surface area contributed by atoms with Crippen molar-refractivity contribution in [1.82, 2.24) is 25.6 Å². The van der Waals surface area contributed by atoms with Gasteiger partial charge < -0.3 is 19.1 Å². The predicted molar refractivity (Wildman–Crippen MR) is 58.3 cm³/mol. The number of hydrogen-bond acceptors (Lipinski definition) is 8. The Morgan fingerprint density at radius 2 is 2.05 bits per heavy atom. The fraction of sp³-hybridized carbons (Fsp3) is 0.444. The van der Waals surface area contributed by atoms with Gasteiger partial charge in [-0.1, -0.05) is 0 Å². The first-order valence-electron chi connectivity index (χ1n) is 5.55. The van der Waals surface area contributed by atoms with E-state index in [0.29, 0.717) is 31.3 Å². The number of anilines is 1. The first-order valence-corrected chi connectivity index (χ1v) is 5.55. The lowest BCUT2D eigenvalue weighted by Gasteiger charge is -2.37. The largest absolute Gasteiger partial charge is 0.465 e. The summed E-state index contributed by atoms with van der Waals surface area (Å²) in [5, 5.41) is 23.1. The highest BCUT2D eigenvalue weighted by atomic mass is 16.5. The monoisotopic (exact) mass is 266 g/mol. The molecule has 10 nitrogen and oxygen atoms in total. The van der Waals surface area contributed by atoms with Crippen molar-refractivity contribution >= 4 is 12.0 Å². The Morgan fingerprint density at radius 3 is 2.68 bits per heavy atom. The summed E-state index contributed by atoms with van der Waals surface area (Å²) in [4.78, 5) is 14.4. The molecule has 2 aromatic rings. The van der Waals surface area contributed by atoms with Crippen LogP contribution in [0.1, 0.15) is 11.8 Å². The fourth-order valence-corrected chi connectivity index (χ4v) is 2.08. The number of piperazine rings is 1. The van der Waals surface area contributed by atoms with Gasteiger partial charge in [-0.3, -0.25) is 4.90 Å². The highest BCUT2D eigenvalue weighted by Gasteiger charge is 2.35. The van der Waals surface area contributed by atoms with Crippen molar-refractivity contribution in [1.29, 1.82) is 0 Å². The van der Waals surface area contributed by atoms with Crippen molar-refractivity contribution in [2.45, 2.75) is 6.04 Å². The van der Waals surface area contributed by atoms with E-state index in [1.54, 1.807) is 0 Å². The molecule has 3 rings (SSSR count). The second-order valence-electron chi connectivity index (χ2n) is 4.01. The van der Waals surface area contributed by atoms with Gasteiger partial charge in [-0.15, -0.1) is 10.2 Å². The molecule has 1 aliphatic rings. The van der Waals surface area contributed by atoms with E-state index in [-0.39, 0.29) is 0 Å². The van der Waals surface area contributed by atoms with Gasteiger partial charge in [0.1, 0.15) is 12.2 Å². The summed E-state index contributed by atoms with van der Waals surface area (Å²) in [6, 6.07) is -0.494. The van der Waals surface area contributed by atoms with E-state index in [0.717, 1.165) is 0 Å². The quantitative estimate of drug-likeness (QED) is 0.799. The van der Waals surface area contributed by atoms with Crippen LogP contribution in [0.2, 0.25) is 0 Å². The van der Waals surface area contributed by atoms with Crippen molar-refractivity contribution in [2.24, 2.45) is 0 Å². The summed E-state index contributed by atoms with van der Waals surface area (Å²) in [6.45, 7) is 1.16. The van der Waals surface area contributed by atoms with Gasteiger partial charge in [0.25, 0.3) is 0 Å². The minimum Gasteiger partial charge on any atom is -0.465 e. The van der Waals surface area contributed by atoms with E-state index in [1.807, 2.05) is 4.90 Å². The molecule has 0 radical (unpaired) electrons. The summed E-state index contributed by atoms with van der Waals surface area (Å²) in [5.41, 5.74) is 0. The van der Waals surface area contributed by atoms with Crippen molar-refractivity contribution in [2.75, 3.05) is 24.5 Å². The summed E-state index contributed by atoms with van der Waals surface area (Å²) in [6.07, 6.45) is 1.87. The molecule has 10 heteroatoms. The third-order valence-corrected chi connectivity index (χ3v) is 2.99. The van der Waals surface area contributed by atoms with Crippen LogP contribution < -0.4 is 4.90 Å². The molecule has 1 N–H and O–H groups in total. The van der Waals surface area contributed by atoms with Gasteiger partial charge in [-0.05, 0) is 0 Å². The molecule has 100 valence electrons. The Morgan fingerprint density at radius 1 is 1.26 bits per heavy atom. The Labute approximate surface area is 106 Å². The lowest BCUT2D eigenvalue weighted by atomic mass is 10.1. The van der Waals surface area contributed by atoms with E-state index in [4.69, 9.17) is 9.05 Å². The van der Waals surface area contributed by atoms with Crippen molar-refractivity contribution < 1.29 is 18.9 Å². The normalized spacial score (nSPS) is 19.7.